The average Bonchev–Trinajstić information content (AvgIpc) is 2.80. The maximum atomic E-state index is 9.50. The summed E-state index contributed by atoms with van der Waals surface area (Å²) >= 11 is 0. The number of nitrogens with one attached hydrogen (secondary N) is 1. The third kappa shape index (κ3) is 2.54. The van der Waals surface area contributed by atoms with Gasteiger partial charge in [-0.3, -0.25) is 0 Å². The Morgan fingerprint density at radius 2 is 1.94 bits per heavy atom. The summed E-state index contributed by atoms with van der Waals surface area (Å²) in [7, 11) is 0. The Morgan fingerprint density at radius 3 is 2.78 bits per heavy atom. The summed E-state index contributed by atoms with van der Waals surface area (Å²) in [5.74, 6) is 1.29. The minimum Gasteiger partial charge on any atom is -0.508 e. The molecule has 1 saturated carbocycles. The van der Waals surface area contributed by atoms with E-state index in [0.717, 1.165) is 12.3 Å². The van der Waals surface area contributed by atoms with Gasteiger partial charge in [0.2, 0.25) is 0 Å². The van der Waals surface area contributed by atoms with Crippen LogP contribution in [0.1, 0.15) is 55.7 Å². The van der Waals surface area contributed by atoms with Crippen molar-refractivity contribution in [1.29, 1.82) is 0 Å². The lowest BCUT2D eigenvalue weighted by Crippen LogP contribution is -2.27. The van der Waals surface area contributed by atoms with Gasteiger partial charge in [-0.25, -0.2) is 0 Å². The highest BCUT2D eigenvalue weighted by Crippen LogP contribution is 2.33. The van der Waals surface area contributed by atoms with E-state index in [1.165, 1.54) is 56.2 Å². The first kappa shape index (κ1) is 12.0. The van der Waals surface area contributed by atoms with Gasteiger partial charge in [0.1, 0.15) is 5.75 Å². The minimum absolute atomic E-state index is 0.404. The van der Waals surface area contributed by atoms with Gasteiger partial charge in [0.05, 0.1) is 0 Å². The van der Waals surface area contributed by atoms with Gasteiger partial charge < -0.3 is 10.4 Å². The number of fused-ring (bicyclic) bond motifs is 1. The molecule has 2 nitrogen and oxygen atoms in total. The van der Waals surface area contributed by atoms with Crippen molar-refractivity contribution in [2.24, 2.45) is 5.92 Å². The Kier molecular flexibility index (Phi) is 3.55. The molecule has 98 valence electrons. The standard InChI is InChI=1S/C16H23NO/c18-14-7-8-15-13(10-14)6-9-16(15)17-11-12-4-2-1-3-5-12/h7-8,10,12,16-18H,1-6,9,11H2. The van der Waals surface area contributed by atoms with Crippen LogP contribution in [0.15, 0.2) is 18.2 Å². The highest BCUT2D eigenvalue weighted by Gasteiger charge is 2.23. The molecule has 2 N–H and O–H groups in total. The predicted molar refractivity (Wildman–Crippen MR) is 73.7 cm³/mol. The van der Waals surface area contributed by atoms with Gasteiger partial charge in [-0.15, -0.1) is 0 Å². The van der Waals surface area contributed by atoms with Crippen molar-refractivity contribution >= 4 is 0 Å². The molecule has 0 heterocycles. The first-order valence-corrected chi connectivity index (χ1v) is 7.38. The number of aromatic hydroxyl groups is 1. The number of aryl methyl sites for hydroxylation is 1. The monoisotopic (exact) mass is 245 g/mol. The van der Waals surface area contributed by atoms with Gasteiger partial charge in [0.15, 0.2) is 0 Å². The Bertz CT molecular complexity index is 410. The lowest BCUT2D eigenvalue weighted by atomic mass is 9.89. The van der Waals surface area contributed by atoms with Crippen LogP contribution in [-0.2, 0) is 6.42 Å². The predicted octanol–water partition coefficient (Wildman–Crippen LogP) is 3.55. The molecule has 0 bridgehead atoms. The van der Waals surface area contributed by atoms with Crippen LogP contribution in [0.25, 0.3) is 0 Å². The van der Waals surface area contributed by atoms with Crippen LogP contribution < -0.4 is 5.32 Å². The molecule has 2 aliphatic rings. The van der Waals surface area contributed by atoms with Gasteiger partial charge in [0.25, 0.3) is 0 Å². The lowest BCUT2D eigenvalue weighted by molar-refractivity contribution is 0.327. The van der Waals surface area contributed by atoms with E-state index >= 15 is 0 Å². The summed E-state index contributed by atoms with van der Waals surface area (Å²) < 4.78 is 0. The second-order valence-corrected chi connectivity index (χ2v) is 5.89. The maximum absolute atomic E-state index is 9.50. The third-order valence-corrected chi connectivity index (χ3v) is 4.58. The topological polar surface area (TPSA) is 32.3 Å². The molecule has 3 rings (SSSR count). The first-order valence-electron chi connectivity index (χ1n) is 7.38. The summed E-state index contributed by atoms with van der Waals surface area (Å²) in [4.78, 5) is 0. The molecule has 1 aromatic rings. The summed E-state index contributed by atoms with van der Waals surface area (Å²) in [5.41, 5.74) is 2.74. The van der Waals surface area contributed by atoms with Crippen molar-refractivity contribution in [2.45, 2.75) is 51.0 Å². The van der Waals surface area contributed by atoms with Gasteiger partial charge in [-0.1, -0.05) is 25.3 Å². The zero-order valence-corrected chi connectivity index (χ0v) is 11.0. The second-order valence-electron chi connectivity index (χ2n) is 5.89. The summed E-state index contributed by atoms with van der Waals surface area (Å²) in [6, 6.07) is 6.36. The molecule has 0 radical (unpaired) electrons. The first-order chi connectivity index (χ1) is 8.83. The molecular formula is C16H23NO. The minimum atomic E-state index is 0.404. The second kappa shape index (κ2) is 5.31. The molecule has 2 heteroatoms. The highest BCUT2D eigenvalue weighted by molar-refractivity contribution is 5.39. The molecular weight excluding hydrogens is 222 g/mol. The van der Waals surface area contributed by atoms with Crippen LogP contribution >= 0.6 is 0 Å². The highest BCUT2D eigenvalue weighted by atomic mass is 16.3. The lowest BCUT2D eigenvalue weighted by Gasteiger charge is -2.24. The number of phenolic OH excluding ortho intramolecular Hbond substituents is 1. The molecule has 1 unspecified atom stereocenters. The van der Waals surface area contributed by atoms with E-state index < -0.39 is 0 Å². The molecule has 1 atom stereocenters. The number of benzene rings is 1. The SMILES string of the molecule is Oc1ccc2c(c1)CCC2NCC1CCCCC1. The molecule has 1 aromatic carbocycles. The summed E-state index contributed by atoms with van der Waals surface area (Å²) in [5, 5.41) is 13.2. The smallest absolute Gasteiger partial charge is 0.115 e. The number of phenols is 1. The zero-order chi connectivity index (χ0) is 12.4. The Hall–Kier alpha value is -1.02. The number of hydrogen-bond acceptors (Lipinski definition) is 2. The van der Waals surface area contributed by atoms with Crippen LogP contribution in [0.2, 0.25) is 0 Å². The Morgan fingerprint density at radius 1 is 1.11 bits per heavy atom. The third-order valence-electron chi connectivity index (χ3n) is 4.58. The van der Waals surface area contributed by atoms with Gasteiger partial charge >= 0.3 is 0 Å². The van der Waals surface area contributed by atoms with Crippen LogP contribution in [0.3, 0.4) is 0 Å². The van der Waals surface area contributed by atoms with Gasteiger partial charge in [-0.2, -0.15) is 0 Å². The average molecular weight is 245 g/mol. The van der Waals surface area contributed by atoms with Crippen LogP contribution in [0.4, 0.5) is 0 Å². The fourth-order valence-electron chi connectivity index (χ4n) is 3.52. The molecule has 1 fully saturated rings. The molecule has 0 saturated heterocycles. The molecule has 0 aromatic heterocycles. The Labute approximate surface area is 109 Å². The Balaban J connectivity index is 1.59. The van der Waals surface area contributed by atoms with E-state index in [1.807, 2.05) is 12.1 Å². The van der Waals surface area contributed by atoms with E-state index in [2.05, 4.69) is 11.4 Å². The summed E-state index contributed by atoms with van der Waals surface area (Å²) in [6.45, 7) is 1.17. The van der Waals surface area contributed by atoms with E-state index in [4.69, 9.17) is 0 Å². The summed E-state index contributed by atoms with van der Waals surface area (Å²) in [6.07, 6.45) is 9.37. The number of rotatable bonds is 3. The maximum Gasteiger partial charge on any atom is 0.115 e. The van der Waals surface area contributed by atoms with Crippen molar-refractivity contribution in [3.05, 3.63) is 29.3 Å². The fraction of sp³-hybridized carbons (Fsp3) is 0.625. The fourth-order valence-corrected chi connectivity index (χ4v) is 3.52. The van der Waals surface area contributed by atoms with Crippen molar-refractivity contribution < 1.29 is 5.11 Å². The van der Waals surface area contributed by atoms with Crippen molar-refractivity contribution in [1.82, 2.24) is 5.32 Å². The molecule has 0 amide bonds. The van der Waals surface area contributed by atoms with Crippen molar-refractivity contribution in [3.63, 3.8) is 0 Å². The van der Waals surface area contributed by atoms with Crippen LogP contribution in [-0.4, -0.2) is 11.7 Å². The van der Waals surface area contributed by atoms with E-state index in [1.54, 1.807) is 0 Å². The van der Waals surface area contributed by atoms with E-state index in [-0.39, 0.29) is 0 Å². The van der Waals surface area contributed by atoms with E-state index in [9.17, 15) is 5.11 Å². The van der Waals surface area contributed by atoms with Gasteiger partial charge in [-0.05, 0) is 61.4 Å². The van der Waals surface area contributed by atoms with Gasteiger partial charge in [0, 0.05) is 6.04 Å². The van der Waals surface area contributed by atoms with Crippen molar-refractivity contribution in [2.75, 3.05) is 6.54 Å². The molecule has 2 aliphatic carbocycles. The largest absolute Gasteiger partial charge is 0.508 e. The van der Waals surface area contributed by atoms with Crippen LogP contribution in [0.5, 0.6) is 5.75 Å². The molecule has 18 heavy (non-hydrogen) atoms. The van der Waals surface area contributed by atoms with Crippen molar-refractivity contribution in [3.8, 4) is 5.75 Å². The van der Waals surface area contributed by atoms with Crippen LogP contribution in [0, 0.1) is 5.92 Å². The number of hydrogen-bond donors (Lipinski definition) is 2. The molecule has 0 aliphatic heterocycles. The normalized spacial score (nSPS) is 24.1. The van der Waals surface area contributed by atoms with E-state index in [0.29, 0.717) is 11.8 Å². The zero-order valence-electron chi connectivity index (χ0n) is 11.0. The molecule has 0 spiro atoms. The quantitative estimate of drug-likeness (QED) is 0.853.